The lowest BCUT2D eigenvalue weighted by Crippen LogP contribution is -2.60. The molecule has 0 radical (unpaired) electrons. The summed E-state index contributed by atoms with van der Waals surface area (Å²) in [5.74, 6) is 0.263. The van der Waals surface area contributed by atoms with Gasteiger partial charge in [-0.2, -0.15) is 0 Å². The van der Waals surface area contributed by atoms with Crippen LogP contribution < -0.4 is 0 Å². The standard InChI is InChI=1S/C20H30ClN3O2/c1-22-10-11-23(15-17-4-3-5-18(21)14-17)16-20(22)7-6-19(25)24(9-8-20)12-13-26-2/h3-5,14H,6-13,15-16H2,1-2H3. The largest absolute Gasteiger partial charge is 0.383 e. The molecule has 6 heteroatoms. The summed E-state index contributed by atoms with van der Waals surface area (Å²) in [4.78, 5) is 19.5. The molecule has 2 fully saturated rings. The molecule has 3 rings (SSSR count). The van der Waals surface area contributed by atoms with Crippen LogP contribution in [-0.2, 0) is 16.1 Å². The number of likely N-dealkylation sites (tertiary alicyclic amines) is 1. The Bertz CT molecular complexity index is 627. The highest BCUT2D eigenvalue weighted by Crippen LogP contribution is 2.32. The molecule has 1 aromatic rings. The van der Waals surface area contributed by atoms with Gasteiger partial charge in [0, 0.05) is 63.4 Å². The summed E-state index contributed by atoms with van der Waals surface area (Å²) in [6.07, 6.45) is 2.57. The normalized spacial score (nSPS) is 25.7. The van der Waals surface area contributed by atoms with E-state index in [1.54, 1.807) is 7.11 Å². The molecule has 0 N–H and O–H groups in total. The van der Waals surface area contributed by atoms with Gasteiger partial charge in [0.15, 0.2) is 0 Å². The third-order valence-corrected chi connectivity index (χ3v) is 6.18. The molecule has 0 saturated carbocycles. The zero-order chi connectivity index (χ0) is 18.6. The number of hydrogen-bond donors (Lipinski definition) is 0. The van der Waals surface area contributed by atoms with Crippen molar-refractivity contribution >= 4 is 17.5 Å². The lowest BCUT2D eigenvalue weighted by molar-refractivity contribution is -0.131. The van der Waals surface area contributed by atoms with Crippen molar-refractivity contribution in [3.05, 3.63) is 34.9 Å². The molecule has 144 valence electrons. The molecule has 0 aromatic heterocycles. The average molecular weight is 380 g/mol. The van der Waals surface area contributed by atoms with Gasteiger partial charge >= 0.3 is 0 Å². The van der Waals surface area contributed by atoms with Crippen LogP contribution in [0, 0.1) is 0 Å². The van der Waals surface area contributed by atoms with E-state index in [1.807, 2.05) is 17.0 Å². The Morgan fingerprint density at radius 1 is 1.23 bits per heavy atom. The van der Waals surface area contributed by atoms with Crippen LogP contribution in [0.4, 0.5) is 0 Å². The summed E-state index contributed by atoms with van der Waals surface area (Å²) in [5, 5.41) is 0.792. The van der Waals surface area contributed by atoms with Crippen LogP contribution in [0.2, 0.25) is 5.02 Å². The Morgan fingerprint density at radius 3 is 2.85 bits per heavy atom. The second kappa shape index (κ2) is 8.70. The predicted octanol–water partition coefficient (Wildman–Crippen LogP) is 2.49. The summed E-state index contributed by atoms with van der Waals surface area (Å²) in [7, 11) is 3.90. The van der Waals surface area contributed by atoms with E-state index in [2.05, 4.69) is 29.0 Å². The summed E-state index contributed by atoms with van der Waals surface area (Å²) in [5.41, 5.74) is 1.33. The topological polar surface area (TPSA) is 36.0 Å². The van der Waals surface area contributed by atoms with Crippen LogP contribution in [0.1, 0.15) is 24.8 Å². The van der Waals surface area contributed by atoms with Crippen LogP contribution in [0.15, 0.2) is 24.3 Å². The molecule has 26 heavy (non-hydrogen) atoms. The molecule has 1 spiro atoms. The first-order valence-corrected chi connectivity index (χ1v) is 9.85. The van der Waals surface area contributed by atoms with Crippen molar-refractivity contribution in [1.82, 2.24) is 14.7 Å². The van der Waals surface area contributed by atoms with Gasteiger partial charge in [-0.3, -0.25) is 14.6 Å². The minimum atomic E-state index is 0.0777. The fraction of sp³-hybridized carbons (Fsp3) is 0.650. The Morgan fingerprint density at radius 2 is 2.08 bits per heavy atom. The number of methoxy groups -OCH3 is 1. The Balaban J connectivity index is 1.68. The maximum absolute atomic E-state index is 12.5. The number of piperazine rings is 1. The van der Waals surface area contributed by atoms with Gasteiger partial charge in [-0.25, -0.2) is 0 Å². The number of nitrogens with zero attached hydrogens (tertiary/aromatic N) is 3. The van der Waals surface area contributed by atoms with Gasteiger partial charge in [-0.05, 0) is 37.6 Å². The van der Waals surface area contributed by atoms with Gasteiger partial charge in [0.1, 0.15) is 0 Å². The zero-order valence-corrected chi connectivity index (χ0v) is 16.7. The number of benzene rings is 1. The quantitative estimate of drug-likeness (QED) is 0.787. The molecule has 1 unspecified atom stereocenters. The van der Waals surface area contributed by atoms with Gasteiger partial charge in [0.2, 0.25) is 5.91 Å². The molecule has 2 heterocycles. The molecule has 1 aromatic carbocycles. The third kappa shape index (κ3) is 4.58. The van der Waals surface area contributed by atoms with Gasteiger partial charge in [-0.1, -0.05) is 23.7 Å². The second-order valence-electron chi connectivity index (χ2n) is 7.61. The summed E-state index contributed by atoms with van der Waals surface area (Å²) in [6, 6.07) is 8.12. The van der Waals surface area contributed by atoms with Gasteiger partial charge < -0.3 is 9.64 Å². The van der Waals surface area contributed by atoms with E-state index < -0.39 is 0 Å². The number of halogens is 1. The van der Waals surface area contributed by atoms with Crippen molar-refractivity contribution in [3.8, 4) is 0 Å². The molecule has 1 atom stereocenters. The molecular formula is C20H30ClN3O2. The molecule has 0 bridgehead atoms. The number of carbonyl (C=O) groups is 1. The van der Waals surface area contributed by atoms with Gasteiger partial charge in [0.25, 0.3) is 0 Å². The lowest BCUT2D eigenvalue weighted by atomic mass is 9.86. The number of carbonyl (C=O) groups excluding carboxylic acids is 1. The monoisotopic (exact) mass is 379 g/mol. The highest BCUT2D eigenvalue weighted by Gasteiger charge is 2.42. The average Bonchev–Trinajstić information content (AvgIpc) is 2.77. The maximum Gasteiger partial charge on any atom is 0.222 e. The number of ether oxygens (including phenoxy) is 1. The van der Waals surface area contributed by atoms with Gasteiger partial charge in [0.05, 0.1) is 6.61 Å². The SMILES string of the molecule is COCCN1CCC2(CCC1=O)CN(Cc1cccc(Cl)c1)CCN2C. The van der Waals surface area contributed by atoms with Crippen LogP contribution in [0.3, 0.4) is 0 Å². The van der Waals surface area contributed by atoms with E-state index in [9.17, 15) is 4.79 Å². The fourth-order valence-electron chi connectivity index (χ4n) is 4.24. The summed E-state index contributed by atoms with van der Waals surface area (Å²) >= 11 is 6.14. The van der Waals surface area contributed by atoms with Crippen molar-refractivity contribution < 1.29 is 9.53 Å². The first kappa shape index (κ1) is 19.6. The molecular weight excluding hydrogens is 350 g/mol. The van der Waals surface area contributed by atoms with E-state index in [4.69, 9.17) is 16.3 Å². The van der Waals surface area contributed by atoms with E-state index in [0.717, 1.165) is 50.6 Å². The van der Waals surface area contributed by atoms with Crippen molar-refractivity contribution in [2.24, 2.45) is 0 Å². The molecule has 2 saturated heterocycles. The highest BCUT2D eigenvalue weighted by atomic mass is 35.5. The Kier molecular flexibility index (Phi) is 6.56. The first-order valence-electron chi connectivity index (χ1n) is 9.47. The van der Waals surface area contributed by atoms with Crippen molar-refractivity contribution in [1.29, 1.82) is 0 Å². The number of hydrogen-bond acceptors (Lipinski definition) is 4. The van der Waals surface area contributed by atoms with E-state index in [-0.39, 0.29) is 11.4 Å². The zero-order valence-electron chi connectivity index (χ0n) is 15.9. The van der Waals surface area contributed by atoms with Crippen LogP contribution in [0.5, 0.6) is 0 Å². The molecule has 2 aliphatic rings. The smallest absolute Gasteiger partial charge is 0.222 e. The second-order valence-corrected chi connectivity index (χ2v) is 8.05. The van der Waals surface area contributed by atoms with Crippen molar-refractivity contribution in [2.45, 2.75) is 31.3 Å². The molecule has 5 nitrogen and oxygen atoms in total. The Hall–Kier alpha value is -1.14. The first-order chi connectivity index (χ1) is 12.5. The number of likely N-dealkylation sites (N-methyl/N-ethyl adjacent to an activating group) is 1. The third-order valence-electron chi connectivity index (χ3n) is 5.94. The van der Waals surface area contributed by atoms with Crippen molar-refractivity contribution in [2.75, 3.05) is 53.5 Å². The van der Waals surface area contributed by atoms with E-state index in [0.29, 0.717) is 19.6 Å². The van der Waals surface area contributed by atoms with Crippen LogP contribution in [0.25, 0.3) is 0 Å². The molecule has 0 aliphatic carbocycles. The highest BCUT2D eigenvalue weighted by molar-refractivity contribution is 6.30. The lowest BCUT2D eigenvalue weighted by Gasteiger charge is -2.49. The fourth-order valence-corrected chi connectivity index (χ4v) is 4.45. The minimum Gasteiger partial charge on any atom is -0.383 e. The Labute approximate surface area is 161 Å². The van der Waals surface area contributed by atoms with Crippen LogP contribution in [-0.4, -0.2) is 79.6 Å². The van der Waals surface area contributed by atoms with Gasteiger partial charge in [-0.15, -0.1) is 0 Å². The minimum absolute atomic E-state index is 0.0777. The summed E-state index contributed by atoms with van der Waals surface area (Å²) in [6.45, 7) is 6.12. The predicted molar refractivity (Wildman–Crippen MR) is 104 cm³/mol. The number of rotatable bonds is 5. The van der Waals surface area contributed by atoms with Crippen LogP contribution >= 0.6 is 11.6 Å². The van der Waals surface area contributed by atoms with E-state index >= 15 is 0 Å². The molecule has 2 aliphatic heterocycles. The number of amides is 1. The summed E-state index contributed by atoms with van der Waals surface area (Å²) < 4.78 is 5.16. The maximum atomic E-state index is 12.5. The van der Waals surface area contributed by atoms with Crippen molar-refractivity contribution in [3.63, 3.8) is 0 Å². The molecule has 1 amide bonds. The van der Waals surface area contributed by atoms with E-state index in [1.165, 1.54) is 5.56 Å².